The number of hydrogen-bond acceptors (Lipinski definition) is 6. The van der Waals surface area contributed by atoms with Crippen molar-refractivity contribution in [1.29, 1.82) is 0 Å². The lowest BCUT2D eigenvalue weighted by molar-refractivity contribution is -0.0135. The molecule has 100 valence electrons. The van der Waals surface area contributed by atoms with Crippen LogP contribution in [-0.4, -0.2) is 63.3 Å². The van der Waals surface area contributed by atoms with Gasteiger partial charge in [0.25, 0.3) is 0 Å². The summed E-state index contributed by atoms with van der Waals surface area (Å²) < 4.78 is 28.2. The molecule has 0 aliphatic carbocycles. The maximum absolute atomic E-state index is 11.4. The third-order valence-electron chi connectivity index (χ3n) is 3.58. The number of ether oxygens (including phenoxy) is 1. The molecule has 0 atom stereocenters. The standard InChI is InChI=1S/C10H21N3O3S/c11-9-10(1-7-17(14,15)8-2-10)12-13-3-5-16-6-4-13/h12H,1-9,11H2. The van der Waals surface area contributed by atoms with Crippen LogP contribution in [0.2, 0.25) is 0 Å². The van der Waals surface area contributed by atoms with Crippen molar-refractivity contribution < 1.29 is 13.2 Å². The molecule has 2 saturated heterocycles. The summed E-state index contributed by atoms with van der Waals surface area (Å²) in [5, 5.41) is 2.11. The quantitative estimate of drug-likeness (QED) is 0.660. The molecular formula is C10H21N3O3S. The summed E-state index contributed by atoms with van der Waals surface area (Å²) in [5.74, 6) is 0.475. The highest BCUT2D eigenvalue weighted by Crippen LogP contribution is 2.23. The Morgan fingerprint density at radius 1 is 1.24 bits per heavy atom. The molecule has 7 heteroatoms. The molecule has 6 nitrogen and oxygen atoms in total. The molecule has 2 fully saturated rings. The zero-order chi connectivity index (χ0) is 12.4. The third-order valence-corrected chi connectivity index (χ3v) is 5.23. The molecule has 0 saturated carbocycles. The second-order valence-corrected chi connectivity index (χ2v) is 7.15. The lowest BCUT2D eigenvalue weighted by Gasteiger charge is -2.42. The lowest BCUT2D eigenvalue weighted by Crippen LogP contribution is -2.63. The smallest absolute Gasteiger partial charge is 0.150 e. The van der Waals surface area contributed by atoms with Crippen molar-refractivity contribution in [1.82, 2.24) is 10.4 Å². The summed E-state index contributed by atoms with van der Waals surface area (Å²) in [6.45, 7) is 3.56. The average Bonchev–Trinajstić information content (AvgIpc) is 2.34. The fraction of sp³-hybridized carbons (Fsp3) is 1.00. The van der Waals surface area contributed by atoms with E-state index >= 15 is 0 Å². The first kappa shape index (κ1) is 13.2. The number of nitrogens with one attached hydrogen (secondary N) is 1. The van der Waals surface area contributed by atoms with E-state index < -0.39 is 9.84 Å². The van der Waals surface area contributed by atoms with Gasteiger partial charge in [-0.25, -0.2) is 18.9 Å². The fourth-order valence-electron chi connectivity index (χ4n) is 2.30. The minimum Gasteiger partial charge on any atom is -0.379 e. The van der Waals surface area contributed by atoms with Gasteiger partial charge in [0.2, 0.25) is 0 Å². The lowest BCUT2D eigenvalue weighted by atomic mass is 9.93. The van der Waals surface area contributed by atoms with Crippen LogP contribution in [0.1, 0.15) is 12.8 Å². The molecule has 0 amide bonds. The summed E-state index contributed by atoms with van der Waals surface area (Å²) in [7, 11) is -2.84. The molecular weight excluding hydrogens is 242 g/mol. The van der Waals surface area contributed by atoms with E-state index in [1.165, 1.54) is 0 Å². The van der Waals surface area contributed by atoms with Crippen molar-refractivity contribution in [2.45, 2.75) is 18.4 Å². The maximum atomic E-state index is 11.4. The third kappa shape index (κ3) is 3.38. The van der Waals surface area contributed by atoms with Gasteiger partial charge in [-0.2, -0.15) is 0 Å². The van der Waals surface area contributed by atoms with Gasteiger partial charge in [0.05, 0.1) is 24.7 Å². The first-order chi connectivity index (χ1) is 8.05. The first-order valence-electron chi connectivity index (χ1n) is 6.06. The molecule has 0 aromatic heterocycles. The molecule has 0 unspecified atom stereocenters. The predicted octanol–water partition coefficient (Wildman–Crippen LogP) is -1.27. The summed E-state index contributed by atoms with van der Waals surface area (Å²) >= 11 is 0. The van der Waals surface area contributed by atoms with E-state index in [0.717, 1.165) is 13.1 Å². The van der Waals surface area contributed by atoms with Gasteiger partial charge < -0.3 is 10.5 Å². The van der Waals surface area contributed by atoms with E-state index in [2.05, 4.69) is 10.4 Å². The van der Waals surface area contributed by atoms with E-state index in [4.69, 9.17) is 10.5 Å². The molecule has 2 aliphatic heterocycles. The summed E-state index contributed by atoms with van der Waals surface area (Å²) in [6, 6.07) is 0. The minimum atomic E-state index is -2.84. The van der Waals surface area contributed by atoms with E-state index in [0.29, 0.717) is 32.6 Å². The number of morpholine rings is 1. The Labute approximate surface area is 102 Å². The van der Waals surface area contributed by atoms with Gasteiger partial charge in [-0.3, -0.25) is 0 Å². The van der Waals surface area contributed by atoms with Crippen LogP contribution in [0.25, 0.3) is 0 Å². The molecule has 0 radical (unpaired) electrons. The van der Waals surface area contributed by atoms with Crippen molar-refractivity contribution in [3.8, 4) is 0 Å². The number of rotatable bonds is 3. The highest BCUT2D eigenvalue weighted by Gasteiger charge is 2.37. The van der Waals surface area contributed by atoms with Gasteiger partial charge in [0.15, 0.2) is 0 Å². The number of nitrogens with two attached hydrogens (primary N) is 1. The highest BCUT2D eigenvalue weighted by molar-refractivity contribution is 7.91. The Kier molecular flexibility index (Phi) is 4.04. The van der Waals surface area contributed by atoms with Gasteiger partial charge in [0, 0.05) is 25.2 Å². The zero-order valence-electron chi connectivity index (χ0n) is 10.0. The van der Waals surface area contributed by atoms with Gasteiger partial charge >= 0.3 is 0 Å². The monoisotopic (exact) mass is 263 g/mol. The number of hydrazine groups is 1. The van der Waals surface area contributed by atoms with E-state index in [9.17, 15) is 8.42 Å². The van der Waals surface area contributed by atoms with Crippen LogP contribution >= 0.6 is 0 Å². The fourth-order valence-corrected chi connectivity index (χ4v) is 3.91. The second kappa shape index (κ2) is 5.19. The van der Waals surface area contributed by atoms with Crippen LogP contribution in [0.4, 0.5) is 0 Å². The largest absolute Gasteiger partial charge is 0.379 e. The Morgan fingerprint density at radius 3 is 2.35 bits per heavy atom. The van der Waals surface area contributed by atoms with Crippen molar-refractivity contribution in [2.24, 2.45) is 5.73 Å². The van der Waals surface area contributed by atoms with Gasteiger partial charge in [-0.05, 0) is 12.8 Å². The van der Waals surface area contributed by atoms with Crippen LogP contribution in [0.3, 0.4) is 0 Å². The Hall–Kier alpha value is -0.210. The molecule has 0 aromatic rings. The van der Waals surface area contributed by atoms with Crippen molar-refractivity contribution in [2.75, 3.05) is 44.4 Å². The Bertz CT molecular complexity index is 338. The van der Waals surface area contributed by atoms with Crippen LogP contribution in [-0.2, 0) is 14.6 Å². The highest BCUT2D eigenvalue weighted by atomic mass is 32.2. The van der Waals surface area contributed by atoms with Gasteiger partial charge in [-0.1, -0.05) is 0 Å². The molecule has 0 bridgehead atoms. The van der Waals surface area contributed by atoms with Crippen LogP contribution in [0.15, 0.2) is 0 Å². The molecule has 2 heterocycles. The predicted molar refractivity (Wildman–Crippen MR) is 65.2 cm³/mol. The van der Waals surface area contributed by atoms with Crippen molar-refractivity contribution in [3.63, 3.8) is 0 Å². The first-order valence-corrected chi connectivity index (χ1v) is 7.88. The van der Waals surface area contributed by atoms with Gasteiger partial charge in [0.1, 0.15) is 9.84 Å². The van der Waals surface area contributed by atoms with Gasteiger partial charge in [-0.15, -0.1) is 0 Å². The minimum absolute atomic E-state index is 0.238. The van der Waals surface area contributed by atoms with E-state index in [1.54, 1.807) is 0 Å². The molecule has 2 rings (SSSR count). The summed E-state index contributed by atoms with van der Waals surface area (Å²) in [5.41, 5.74) is 9.00. The molecule has 0 aromatic carbocycles. The topological polar surface area (TPSA) is 84.7 Å². The van der Waals surface area contributed by atoms with Crippen molar-refractivity contribution >= 4 is 9.84 Å². The molecule has 3 N–H and O–H groups in total. The van der Waals surface area contributed by atoms with Crippen LogP contribution in [0, 0.1) is 0 Å². The zero-order valence-corrected chi connectivity index (χ0v) is 10.8. The van der Waals surface area contributed by atoms with Crippen LogP contribution in [0.5, 0.6) is 0 Å². The SMILES string of the molecule is NCC1(NN2CCOCC2)CCS(=O)(=O)CC1. The summed E-state index contributed by atoms with van der Waals surface area (Å²) in [6.07, 6.45) is 1.20. The number of nitrogens with zero attached hydrogens (tertiary/aromatic N) is 1. The molecule has 2 aliphatic rings. The molecule has 17 heavy (non-hydrogen) atoms. The summed E-state index contributed by atoms with van der Waals surface area (Å²) in [4.78, 5) is 0. The van der Waals surface area contributed by atoms with E-state index in [1.807, 2.05) is 0 Å². The Balaban J connectivity index is 1.95. The maximum Gasteiger partial charge on any atom is 0.150 e. The van der Waals surface area contributed by atoms with E-state index in [-0.39, 0.29) is 17.0 Å². The average molecular weight is 263 g/mol. The van der Waals surface area contributed by atoms with Crippen LogP contribution < -0.4 is 11.2 Å². The Morgan fingerprint density at radius 2 is 1.82 bits per heavy atom. The number of sulfone groups is 1. The normalized spacial score (nSPS) is 29.0. The second-order valence-electron chi connectivity index (χ2n) is 4.85. The molecule has 0 spiro atoms. The number of hydrogen-bond donors (Lipinski definition) is 2. The van der Waals surface area contributed by atoms with Crippen molar-refractivity contribution in [3.05, 3.63) is 0 Å².